The molecule has 11 aromatic rings. The second-order valence-corrected chi connectivity index (χ2v) is 18.0. The molecule has 0 N–H and O–H groups in total. The predicted molar refractivity (Wildman–Crippen MR) is 279 cm³/mol. The molecular weight excluding hydrogens is 807 g/mol. The van der Waals surface area contributed by atoms with E-state index in [1.54, 1.807) is 0 Å². The maximum Gasteiger partial charge on any atom is 0.0720 e. The van der Waals surface area contributed by atoms with Crippen LogP contribution in [0.3, 0.4) is 0 Å². The Kier molecular flexibility index (Phi) is 9.05. The summed E-state index contributed by atoms with van der Waals surface area (Å²) < 4.78 is 0. The lowest BCUT2D eigenvalue weighted by Crippen LogP contribution is -2.44. The van der Waals surface area contributed by atoms with E-state index in [2.05, 4.69) is 278 Å². The van der Waals surface area contributed by atoms with Crippen molar-refractivity contribution in [3.05, 3.63) is 317 Å². The molecule has 13 rings (SSSR count). The maximum absolute atomic E-state index is 2.46. The van der Waals surface area contributed by atoms with Gasteiger partial charge in [-0.2, -0.15) is 0 Å². The first-order valence-corrected chi connectivity index (χ1v) is 23.3. The smallest absolute Gasteiger partial charge is 0.0720 e. The highest BCUT2D eigenvalue weighted by atomic mass is 15.1. The lowest BCUT2D eigenvalue weighted by molar-refractivity contribution is 0.627. The lowest BCUT2D eigenvalue weighted by Gasteiger charge is -2.49. The summed E-state index contributed by atoms with van der Waals surface area (Å²) in [4.78, 5) is 2.43. The first-order valence-electron chi connectivity index (χ1n) is 23.3. The van der Waals surface area contributed by atoms with Gasteiger partial charge in [0.1, 0.15) is 0 Å². The molecule has 2 aliphatic rings. The van der Waals surface area contributed by atoms with Gasteiger partial charge in [0.15, 0.2) is 0 Å². The van der Waals surface area contributed by atoms with E-state index in [0.29, 0.717) is 0 Å². The molecule has 67 heavy (non-hydrogen) atoms. The van der Waals surface area contributed by atoms with Gasteiger partial charge in [0.2, 0.25) is 0 Å². The molecule has 0 amide bonds. The second kappa shape index (κ2) is 15.6. The van der Waals surface area contributed by atoms with E-state index in [1.165, 1.54) is 88.7 Å². The van der Waals surface area contributed by atoms with Gasteiger partial charge in [-0.05, 0) is 131 Å². The quantitative estimate of drug-likeness (QED) is 0.147. The normalized spacial score (nSPS) is 16.5. The Labute approximate surface area is 392 Å². The van der Waals surface area contributed by atoms with Gasteiger partial charge in [0.05, 0.1) is 10.8 Å². The van der Waals surface area contributed by atoms with Crippen molar-refractivity contribution >= 4 is 27.8 Å². The molecule has 0 saturated carbocycles. The first-order chi connectivity index (χ1) is 33.2. The van der Waals surface area contributed by atoms with Crippen molar-refractivity contribution in [3.63, 3.8) is 0 Å². The molecule has 0 aliphatic heterocycles. The van der Waals surface area contributed by atoms with Crippen LogP contribution in [0.15, 0.2) is 273 Å². The molecule has 0 bridgehead atoms. The van der Waals surface area contributed by atoms with Gasteiger partial charge in [0.25, 0.3) is 0 Å². The number of hydrogen-bond donors (Lipinski definition) is 0. The minimum atomic E-state index is -0.664. The molecule has 2 unspecified atom stereocenters. The molecule has 11 aromatic carbocycles. The van der Waals surface area contributed by atoms with E-state index in [1.807, 2.05) is 0 Å². The van der Waals surface area contributed by atoms with Crippen LogP contribution in [0, 0.1) is 0 Å². The van der Waals surface area contributed by atoms with Crippen molar-refractivity contribution in [1.82, 2.24) is 0 Å². The Balaban J connectivity index is 1.05. The van der Waals surface area contributed by atoms with Crippen molar-refractivity contribution in [3.8, 4) is 33.4 Å². The fraction of sp³-hybridized carbons (Fsp3) is 0.0303. The molecule has 1 nitrogen and oxygen atoms in total. The van der Waals surface area contributed by atoms with Crippen molar-refractivity contribution in [2.75, 3.05) is 4.90 Å². The van der Waals surface area contributed by atoms with Crippen LogP contribution in [0.2, 0.25) is 0 Å². The van der Waals surface area contributed by atoms with Gasteiger partial charge in [-0.15, -0.1) is 0 Å². The number of rotatable bonds is 8. The Morgan fingerprint density at radius 2 is 0.701 bits per heavy atom. The molecule has 2 atom stereocenters. The number of nitrogens with zero attached hydrogens (tertiary/aromatic N) is 1. The van der Waals surface area contributed by atoms with Crippen LogP contribution in [0.5, 0.6) is 0 Å². The number of anilines is 3. The topological polar surface area (TPSA) is 3.24 Å². The summed E-state index contributed by atoms with van der Waals surface area (Å²) in [7, 11) is 0. The molecule has 0 radical (unpaired) electrons. The molecule has 0 heterocycles. The van der Waals surface area contributed by atoms with E-state index < -0.39 is 10.8 Å². The largest absolute Gasteiger partial charge is 0.310 e. The van der Waals surface area contributed by atoms with Crippen LogP contribution < -0.4 is 4.90 Å². The van der Waals surface area contributed by atoms with Gasteiger partial charge in [-0.3, -0.25) is 0 Å². The van der Waals surface area contributed by atoms with E-state index >= 15 is 0 Å². The van der Waals surface area contributed by atoms with Crippen LogP contribution in [-0.2, 0) is 10.8 Å². The average molecular weight is 852 g/mol. The minimum absolute atomic E-state index is 0.504. The Hall–Kier alpha value is -8.52. The van der Waals surface area contributed by atoms with Gasteiger partial charge < -0.3 is 4.90 Å². The lowest BCUT2D eigenvalue weighted by atomic mass is 9.51. The Morgan fingerprint density at radius 3 is 1.39 bits per heavy atom. The molecule has 2 aliphatic carbocycles. The van der Waals surface area contributed by atoms with Crippen LogP contribution in [0.1, 0.15) is 44.5 Å². The van der Waals surface area contributed by atoms with Crippen LogP contribution >= 0.6 is 0 Å². The maximum atomic E-state index is 2.46. The molecule has 1 heteroatoms. The third-order valence-corrected chi connectivity index (χ3v) is 14.6. The van der Waals surface area contributed by atoms with Crippen LogP contribution in [0.25, 0.3) is 44.2 Å². The number of fused-ring (bicyclic) bond motifs is 6. The summed E-state index contributed by atoms with van der Waals surface area (Å²) in [6, 6.07) is 101. The zero-order valence-electron chi connectivity index (χ0n) is 36.9. The molecule has 0 fully saturated rings. The molecule has 0 saturated heterocycles. The summed E-state index contributed by atoms with van der Waals surface area (Å²) in [6.07, 6.45) is 0. The van der Waals surface area contributed by atoms with Gasteiger partial charge in [-0.25, -0.2) is 0 Å². The summed E-state index contributed by atoms with van der Waals surface area (Å²) in [5, 5.41) is 2.49. The predicted octanol–water partition coefficient (Wildman–Crippen LogP) is 16.7. The third-order valence-electron chi connectivity index (χ3n) is 14.6. The zero-order chi connectivity index (χ0) is 44.4. The van der Waals surface area contributed by atoms with Crippen LogP contribution in [0.4, 0.5) is 17.1 Å². The summed E-state index contributed by atoms with van der Waals surface area (Å²) in [5.74, 6) is 0. The average Bonchev–Trinajstić information content (AvgIpc) is 3.72. The minimum Gasteiger partial charge on any atom is -0.310 e. The van der Waals surface area contributed by atoms with Crippen molar-refractivity contribution in [2.45, 2.75) is 10.8 Å². The number of hydrogen-bond acceptors (Lipinski definition) is 1. The highest BCUT2D eigenvalue weighted by Gasteiger charge is 2.57. The first kappa shape index (κ1) is 38.9. The van der Waals surface area contributed by atoms with E-state index in [9.17, 15) is 0 Å². The SMILES string of the molecule is c1ccc(-c2ccc(N(c3ccc(-c4ccc5ccccc5c4)cc3)c3cccc(C4(c5ccccc5)c5ccccc5C5(c6ccccc6)c6ccccc6-c6cccc4c65)c3)cc2)cc1. The fourth-order valence-corrected chi connectivity index (χ4v) is 11.8. The van der Waals surface area contributed by atoms with Gasteiger partial charge in [0, 0.05) is 17.1 Å². The molecule has 314 valence electrons. The van der Waals surface area contributed by atoms with Gasteiger partial charge in [-0.1, -0.05) is 231 Å². The third kappa shape index (κ3) is 5.88. The highest BCUT2D eigenvalue weighted by Crippen LogP contribution is 2.66. The summed E-state index contributed by atoms with van der Waals surface area (Å²) in [5.41, 5.74) is 19.8. The van der Waals surface area contributed by atoms with Crippen LogP contribution in [-0.4, -0.2) is 0 Å². The van der Waals surface area contributed by atoms with E-state index in [4.69, 9.17) is 0 Å². The molecular formula is C66H45N. The second-order valence-electron chi connectivity index (χ2n) is 18.0. The summed E-state index contributed by atoms with van der Waals surface area (Å²) >= 11 is 0. The van der Waals surface area contributed by atoms with Crippen molar-refractivity contribution < 1.29 is 0 Å². The number of benzene rings is 11. The van der Waals surface area contributed by atoms with Crippen molar-refractivity contribution in [2.24, 2.45) is 0 Å². The monoisotopic (exact) mass is 851 g/mol. The molecule has 0 spiro atoms. The Morgan fingerprint density at radius 1 is 0.239 bits per heavy atom. The fourth-order valence-electron chi connectivity index (χ4n) is 11.8. The van der Waals surface area contributed by atoms with E-state index in [-0.39, 0.29) is 0 Å². The summed E-state index contributed by atoms with van der Waals surface area (Å²) in [6.45, 7) is 0. The van der Waals surface area contributed by atoms with E-state index in [0.717, 1.165) is 17.1 Å². The van der Waals surface area contributed by atoms with Gasteiger partial charge >= 0.3 is 0 Å². The van der Waals surface area contributed by atoms with Crippen molar-refractivity contribution in [1.29, 1.82) is 0 Å². The Bertz CT molecular complexity index is 3610. The standard InChI is InChI=1S/C66H45N/c1-4-18-46(19-5-1)48-36-40-55(41-37-48)67(56-42-38-49(39-43-56)51-35-34-47-20-10-11-21-50(47)44-51)57-27-16-26-54(45-57)65(52-22-6-2-7-23-52)61-31-14-15-32-62(61)66(53-24-8-3-9-25-53)60-30-13-12-28-58(60)59-29-17-33-63(65)64(59)66/h1-45H. The molecule has 0 aromatic heterocycles. The zero-order valence-corrected chi connectivity index (χ0v) is 36.9. The highest BCUT2D eigenvalue weighted by molar-refractivity contribution is 5.93.